The van der Waals surface area contributed by atoms with Gasteiger partial charge in [-0.3, -0.25) is 4.68 Å². The average Bonchev–Trinajstić information content (AvgIpc) is 2.61. The number of rotatable bonds is 3. The van der Waals surface area contributed by atoms with Gasteiger partial charge in [-0.15, -0.1) is 0 Å². The molecule has 0 aromatic carbocycles. The number of esters is 1. The van der Waals surface area contributed by atoms with Crippen LogP contribution in [0, 0.1) is 0 Å². The Morgan fingerprint density at radius 3 is 2.69 bits per heavy atom. The lowest BCUT2D eigenvalue weighted by atomic mass is 10.3. The highest BCUT2D eigenvalue weighted by Crippen LogP contribution is 2.28. The van der Waals surface area contributed by atoms with Gasteiger partial charge >= 0.3 is 12.1 Å². The number of halogens is 4. The van der Waals surface area contributed by atoms with Gasteiger partial charge in [0.1, 0.15) is 5.69 Å². The normalized spacial score (nSPS) is 11.6. The second-order valence-corrected chi connectivity index (χ2v) is 3.61. The molecule has 0 aliphatic rings. The maximum absolute atomic E-state index is 12.3. The molecule has 0 spiro atoms. The molecule has 0 atom stereocenters. The van der Waals surface area contributed by atoms with Gasteiger partial charge in [0.2, 0.25) is 0 Å². The van der Waals surface area contributed by atoms with Crippen molar-refractivity contribution in [3.63, 3.8) is 0 Å². The van der Waals surface area contributed by atoms with Crippen LogP contribution in [0.5, 0.6) is 0 Å². The summed E-state index contributed by atoms with van der Waals surface area (Å²) in [5, 5.41) is 3.69. The Bertz CT molecular complexity index is 389. The Morgan fingerprint density at radius 2 is 2.25 bits per heavy atom. The number of aromatic nitrogens is 2. The maximum Gasteiger partial charge on any atom is 0.435 e. The molecule has 8 heteroatoms. The van der Waals surface area contributed by atoms with Crippen LogP contribution in [0.2, 0.25) is 0 Å². The van der Waals surface area contributed by atoms with Crippen molar-refractivity contribution in [2.24, 2.45) is 0 Å². The molecular weight excluding hydrogens is 293 g/mol. The molecule has 4 nitrogen and oxygen atoms in total. The molecule has 0 unspecified atom stereocenters. The number of carbonyl (C=O) groups excluding carboxylic acids is 1. The molecule has 0 saturated carbocycles. The lowest BCUT2D eigenvalue weighted by Crippen LogP contribution is -2.13. The van der Waals surface area contributed by atoms with E-state index in [4.69, 9.17) is 0 Å². The number of methoxy groups -OCH3 is 1. The highest BCUT2D eigenvalue weighted by Gasteiger charge is 2.35. The minimum Gasteiger partial charge on any atom is -0.464 e. The van der Waals surface area contributed by atoms with E-state index >= 15 is 0 Å². The van der Waals surface area contributed by atoms with Crippen LogP contribution in [0.4, 0.5) is 13.2 Å². The summed E-state index contributed by atoms with van der Waals surface area (Å²) in [5.74, 6) is -0.844. The third-order valence-electron chi connectivity index (χ3n) is 1.76. The van der Waals surface area contributed by atoms with E-state index in [0.29, 0.717) is 11.4 Å². The van der Waals surface area contributed by atoms with Gasteiger partial charge in [-0.1, -0.05) is 15.9 Å². The van der Waals surface area contributed by atoms with Gasteiger partial charge in [-0.25, -0.2) is 4.79 Å². The van der Waals surface area contributed by atoms with Crippen LogP contribution in [0.3, 0.4) is 0 Å². The minimum absolute atomic E-state index is 0.153. The molecular formula is C8H8BrF3N2O2. The topological polar surface area (TPSA) is 44.1 Å². The van der Waals surface area contributed by atoms with Gasteiger partial charge in [0.25, 0.3) is 0 Å². The average molecular weight is 301 g/mol. The van der Waals surface area contributed by atoms with E-state index in [9.17, 15) is 18.0 Å². The van der Waals surface area contributed by atoms with E-state index in [0.717, 1.165) is 11.8 Å². The molecule has 0 fully saturated rings. The summed E-state index contributed by atoms with van der Waals surface area (Å²) in [6, 6.07) is 0.675. The first-order chi connectivity index (χ1) is 7.40. The molecule has 0 bridgehead atoms. The predicted molar refractivity (Wildman–Crippen MR) is 52.4 cm³/mol. The van der Waals surface area contributed by atoms with E-state index in [1.165, 1.54) is 0 Å². The largest absolute Gasteiger partial charge is 0.464 e. The number of aryl methyl sites for hydroxylation is 1. The highest BCUT2D eigenvalue weighted by molar-refractivity contribution is 9.09. The van der Waals surface area contributed by atoms with Crippen LogP contribution >= 0.6 is 15.9 Å². The van der Waals surface area contributed by atoms with Crippen LogP contribution in [0.25, 0.3) is 0 Å². The SMILES string of the molecule is COC(=O)c1cc(C(F)(F)F)nn1CCBr. The molecule has 0 amide bonds. The number of nitrogens with zero attached hydrogens (tertiary/aromatic N) is 2. The lowest BCUT2D eigenvalue weighted by Gasteiger charge is -2.02. The number of ether oxygens (including phenoxy) is 1. The summed E-state index contributed by atoms with van der Waals surface area (Å²) < 4.78 is 42.4. The van der Waals surface area contributed by atoms with Gasteiger partial charge in [-0.2, -0.15) is 18.3 Å². The highest BCUT2D eigenvalue weighted by atomic mass is 79.9. The van der Waals surface area contributed by atoms with Crippen LogP contribution in [-0.2, 0) is 17.5 Å². The standard InChI is InChI=1S/C8H8BrF3N2O2/c1-16-7(15)5-4-6(8(10,11)12)13-14(5)3-2-9/h4H,2-3H2,1H3. The van der Waals surface area contributed by atoms with Crippen molar-refractivity contribution in [3.05, 3.63) is 17.5 Å². The van der Waals surface area contributed by atoms with Crippen LogP contribution < -0.4 is 0 Å². The second-order valence-electron chi connectivity index (χ2n) is 2.82. The van der Waals surface area contributed by atoms with Crippen molar-refractivity contribution in [2.45, 2.75) is 12.7 Å². The first-order valence-corrected chi connectivity index (χ1v) is 5.31. The van der Waals surface area contributed by atoms with Crippen molar-refractivity contribution in [1.29, 1.82) is 0 Å². The fourth-order valence-corrected chi connectivity index (χ4v) is 1.41. The predicted octanol–water partition coefficient (Wildman–Crippen LogP) is 2.08. The third kappa shape index (κ3) is 2.75. The first-order valence-electron chi connectivity index (χ1n) is 4.19. The molecule has 0 N–H and O–H groups in total. The van der Waals surface area contributed by atoms with Gasteiger partial charge in [0.15, 0.2) is 5.69 Å². The Morgan fingerprint density at radius 1 is 1.62 bits per heavy atom. The van der Waals surface area contributed by atoms with Crippen molar-refractivity contribution >= 4 is 21.9 Å². The zero-order chi connectivity index (χ0) is 12.3. The number of hydrogen-bond acceptors (Lipinski definition) is 3. The van der Waals surface area contributed by atoms with Crippen molar-refractivity contribution in [2.75, 3.05) is 12.4 Å². The molecule has 1 heterocycles. The summed E-state index contributed by atoms with van der Waals surface area (Å²) in [5.41, 5.74) is -1.32. The summed E-state index contributed by atoms with van der Waals surface area (Å²) in [4.78, 5) is 11.2. The molecule has 0 saturated heterocycles. The smallest absolute Gasteiger partial charge is 0.435 e. The van der Waals surface area contributed by atoms with Crippen molar-refractivity contribution in [3.8, 4) is 0 Å². The lowest BCUT2D eigenvalue weighted by molar-refractivity contribution is -0.141. The van der Waals surface area contributed by atoms with E-state index in [2.05, 4.69) is 25.8 Å². The summed E-state index contributed by atoms with van der Waals surface area (Å²) >= 11 is 3.06. The van der Waals surface area contributed by atoms with Crippen LogP contribution in [0.1, 0.15) is 16.2 Å². The van der Waals surface area contributed by atoms with Crippen molar-refractivity contribution < 1.29 is 22.7 Å². The van der Waals surface area contributed by atoms with Gasteiger partial charge in [-0.05, 0) is 0 Å². The molecule has 1 rings (SSSR count). The molecule has 16 heavy (non-hydrogen) atoms. The van der Waals surface area contributed by atoms with Crippen molar-refractivity contribution in [1.82, 2.24) is 9.78 Å². The zero-order valence-electron chi connectivity index (χ0n) is 8.21. The van der Waals surface area contributed by atoms with E-state index in [1.807, 2.05) is 0 Å². The molecule has 90 valence electrons. The fraction of sp³-hybridized carbons (Fsp3) is 0.500. The second kappa shape index (κ2) is 4.86. The van der Waals surface area contributed by atoms with Crippen LogP contribution in [-0.4, -0.2) is 28.2 Å². The quantitative estimate of drug-likeness (QED) is 0.634. The van der Waals surface area contributed by atoms with Gasteiger partial charge in [0, 0.05) is 11.4 Å². The molecule has 0 aliphatic heterocycles. The minimum atomic E-state index is -4.57. The number of alkyl halides is 4. The molecule has 1 aromatic rings. The van der Waals surface area contributed by atoms with Gasteiger partial charge in [0.05, 0.1) is 13.7 Å². The Balaban J connectivity index is 3.15. The molecule has 0 aliphatic carbocycles. The maximum atomic E-state index is 12.3. The monoisotopic (exact) mass is 300 g/mol. The third-order valence-corrected chi connectivity index (χ3v) is 2.12. The van der Waals surface area contributed by atoms with E-state index in [1.54, 1.807) is 0 Å². The van der Waals surface area contributed by atoms with E-state index in [-0.39, 0.29) is 12.2 Å². The summed E-state index contributed by atoms with van der Waals surface area (Å²) in [6.45, 7) is 0.153. The Hall–Kier alpha value is -1.05. The first kappa shape index (κ1) is 13.0. The Kier molecular flexibility index (Phi) is 3.95. The zero-order valence-corrected chi connectivity index (χ0v) is 9.80. The summed E-state index contributed by atoms with van der Waals surface area (Å²) in [7, 11) is 1.10. The van der Waals surface area contributed by atoms with Gasteiger partial charge < -0.3 is 4.74 Å². The number of hydrogen-bond donors (Lipinski definition) is 0. The molecule has 0 radical (unpaired) electrons. The van der Waals surface area contributed by atoms with Crippen LogP contribution in [0.15, 0.2) is 6.07 Å². The Labute approximate surface area is 97.5 Å². The number of carbonyl (C=O) groups is 1. The fourth-order valence-electron chi connectivity index (χ4n) is 1.07. The van der Waals surface area contributed by atoms with E-state index < -0.39 is 17.8 Å². The molecule has 1 aromatic heterocycles. The summed E-state index contributed by atoms with van der Waals surface area (Å²) in [6.07, 6.45) is -4.57.